The minimum atomic E-state index is -0.265. The van der Waals surface area contributed by atoms with E-state index in [1.165, 1.54) is 11.8 Å². The van der Waals surface area contributed by atoms with Crippen LogP contribution < -0.4 is 4.74 Å². The highest BCUT2D eigenvalue weighted by Gasteiger charge is 2.32. The van der Waals surface area contributed by atoms with Gasteiger partial charge in [-0.3, -0.25) is 9.59 Å². The number of piperidine rings is 1. The van der Waals surface area contributed by atoms with Crippen molar-refractivity contribution in [3.05, 3.63) is 71.3 Å². The van der Waals surface area contributed by atoms with Crippen LogP contribution in [0.5, 0.6) is 5.75 Å². The van der Waals surface area contributed by atoms with Crippen LogP contribution >= 0.6 is 11.8 Å². The summed E-state index contributed by atoms with van der Waals surface area (Å²) in [5.74, 6) is 0.268. The first-order chi connectivity index (χ1) is 18.6. The number of aromatic nitrogens is 2. The molecule has 0 atom stereocenters. The fourth-order valence-electron chi connectivity index (χ4n) is 4.57. The first kappa shape index (κ1) is 25.8. The van der Waals surface area contributed by atoms with Crippen LogP contribution in [0, 0.1) is 5.92 Å². The number of thioether (sulfide) groups is 1. The first-order valence-electron chi connectivity index (χ1n) is 12.9. The summed E-state index contributed by atoms with van der Waals surface area (Å²) >= 11 is 1.37. The monoisotopic (exact) mass is 530 g/mol. The zero-order valence-electron chi connectivity index (χ0n) is 21.5. The average Bonchev–Trinajstić information content (AvgIpc) is 3.53. The number of para-hydroxylation sites is 1. The maximum Gasteiger partial charge on any atom is 0.309 e. The van der Waals surface area contributed by atoms with Crippen molar-refractivity contribution >= 4 is 34.9 Å². The molecule has 3 heterocycles. The molecule has 9 heteroatoms. The Bertz CT molecular complexity index is 1370. The highest BCUT2D eigenvalue weighted by Crippen LogP contribution is 2.35. The third-order valence-corrected chi connectivity index (χ3v) is 7.51. The number of aliphatic imine (C=N–C) groups is 1. The molecule has 8 nitrogen and oxygen atoms in total. The number of carbonyl (C=O) groups is 2. The maximum atomic E-state index is 12.9. The van der Waals surface area contributed by atoms with Gasteiger partial charge in [0.25, 0.3) is 5.91 Å². The molecule has 0 spiro atoms. The Morgan fingerprint density at radius 2 is 1.87 bits per heavy atom. The van der Waals surface area contributed by atoms with Crippen LogP contribution in [-0.4, -0.2) is 58.0 Å². The van der Waals surface area contributed by atoms with E-state index in [4.69, 9.17) is 14.6 Å². The minimum Gasteiger partial charge on any atom is -0.494 e. The third-order valence-electron chi connectivity index (χ3n) is 6.46. The van der Waals surface area contributed by atoms with Gasteiger partial charge < -0.3 is 14.4 Å². The van der Waals surface area contributed by atoms with Gasteiger partial charge in [-0.25, -0.2) is 4.68 Å². The van der Waals surface area contributed by atoms with Crippen molar-refractivity contribution in [2.24, 2.45) is 10.9 Å². The Hall–Kier alpha value is -3.85. The topological polar surface area (TPSA) is 86.0 Å². The first-order valence-corrected chi connectivity index (χ1v) is 13.7. The van der Waals surface area contributed by atoms with E-state index in [-0.39, 0.29) is 17.8 Å². The summed E-state index contributed by atoms with van der Waals surface area (Å²) < 4.78 is 12.7. The fourth-order valence-corrected chi connectivity index (χ4v) is 5.53. The molecular weight excluding hydrogens is 500 g/mol. The van der Waals surface area contributed by atoms with Crippen molar-refractivity contribution < 1.29 is 19.1 Å². The molecule has 2 aromatic carbocycles. The van der Waals surface area contributed by atoms with E-state index in [0.29, 0.717) is 49.2 Å². The van der Waals surface area contributed by atoms with Crippen LogP contribution in [0.25, 0.3) is 23.0 Å². The highest BCUT2D eigenvalue weighted by molar-refractivity contribution is 8.18. The van der Waals surface area contributed by atoms with E-state index in [1.807, 2.05) is 85.4 Å². The molecule has 0 saturated carbocycles. The van der Waals surface area contributed by atoms with Gasteiger partial charge in [0.05, 0.1) is 29.7 Å². The number of amides is 1. The van der Waals surface area contributed by atoms with E-state index in [1.54, 1.807) is 0 Å². The maximum absolute atomic E-state index is 12.9. The molecule has 196 valence electrons. The molecule has 5 rings (SSSR count). The van der Waals surface area contributed by atoms with Gasteiger partial charge >= 0.3 is 5.97 Å². The summed E-state index contributed by atoms with van der Waals surface area (Å²) in [4.78, 5) is 32.0. The standard InChI is InChI=1S/C29H30N4O4S/c1-3-36-24-12-8-9-21(17-24)26-22(19-33(31-26)23-10-6-5-7-11-23)18-25-27(34)30-29(38-25)32-15-13-20(14-16-32)28(35)37-4-2/h5-12,17-20H,3-4,13-16H2,1-2H3. The van der Waals surface area contributed by atoms with E-state index in [0.717, 1.165) is 28.3 Å². The van der Waals surface area contributed by atoms with E-state index in [9.17, 15) is 9.59 Å². The van der Waals surface area contributed by atoms with Crippen molar-refractivity contribution in [1.29, 1.82) is 0 Å². The van der Waals surface area contributed by atoms with Gasteiger partial charge in [0, 0.05) is 30.4 Å². The second-order valence-electron chi connectivity index (χ2n) is 9.00. The normalized spacial score (nSPS) is 17.1. The molecule has 2 aliphatic heterocycles. The van der Waals surface area contributed by atoms with E-state index < -0.39 is 0 Å². The lowest BCUT2D eigenvalue weighted by Gasteiger charge is -2.31. The van der Waals surface area contributed by atoms with Crippen LogP contribution in [0.4, 0.5) is 0 Å². The lowest BCUT2D eigenvalue weighted by molar-refractivity contribution is -0.149. The zero-order valence-corrected chi connectivity index (χ0v) is 22.3. The van der Waals surface area contributed by atoms with Gasteiger partial charge in [0.15, 0.2) is 5.17 Å². The predicted molar refractivity (Wildman–Crippen MR) is 149 cm³/mol. The molecule has 38 heavy (non-hydrogen) atoms. The molecule has 0 bridgehead atoms. The Morgan fingerprint density at radius 1 is 1.08 bits per heavy atom. The van der Waals surface area contributed by atoms with Gasteiger partial charge in [0.1, 0.15) is 11.4 Å². The molecule has 0 N–H and O–H groups in total. The SMILES string of the molecule is CCOC(=O)C1CCN(C2=NC(=O)C(=Cc3cn(-c4ccccc4)nc3-c3cccc(OCC)c3)S2)CC1. The summed E-state index contributed by atoms with van der Waals surface area (Å²) in [6.07, 6.45) is 5.18. The predicted octanol–water partition coefficient (Wildman–Crippen LogP) is 5.18. The number of esters is 1. The van der Waals surface area contributed by atoms with Gasteiger partial charge in [-0.1, -0.05) is 30.3 Å². The van der Waals surface area contributed by atoms with Crippen LogP contribution in [0.1, 0.15) is 32.3 Å². The number of hydrogen-bond donors (Lipinski definition) is 0. The van der Waals surface area contributed by atoms with Crippen molar-refractivity contribution in [1.82, 2.24) is 14.7 Å². The molecule has 1 fully saturated rings. The summed E-state index contributed by atoms with van der Waals surface area (Å²) in [5.41, 5.74) is 3.39. The molecular formula is C29H30N4O4S. The van der Waals surface area contributed by atoms with Crippen LogP contribution in [0.15, 0.2) is 70.7 Å². The molecule has 0 aliphatic carbocycles. The highest BCUT2D eigenvalue weighted by atomic mass is 32.2. The minimum absolute atomic E-state index is 0.0947. The number of ether oxygens (including phenoxy) is 2. The number of hydrogen-bond acceptors (Lipinski definition) is 7. The lowest BCUT2D eigenvalue weighted by atomic mass is 9.97. The fraction of sp³-hybridized carbons (Fsp3) is 0.310. The van der Waals surface area contributed by atoms with E-state index in [2.05, 4.69) is 9.89 Å². The van der Waals surface area contributed by atoms with Gasteiger partial charge in [-0.2, -0.15) is 10.1 Å². The molecule has 0 radical (unpaired) electrons. The van der Waals surface area contributed by atoms with Crippen molar-refractivity contribution in [2.45, 2.75) is 26.7 Å². The third kappa shape index (κ3) is 5.67. The Balaban J connectivity index is 1.40. The number of benzene rings is 2. The summed E-state index contributed by atoms with van der Waals surface area (Å²) in [7, 11) is 0. The van der Waals surface area contributed by atoms with Gasteiger partial charge in [-0.05, 0) is 68.8 Å². The smallest absolute Gasteiger partial charge is 0.309 e. The van der Waals surface area contributed by atoms with Crippen molar-refractivity contribution in [3.63, 3.8) is 0 Å². The Kier molecular flexibility index (Phi) is 7.93. The summed E-state index contributed by atoms with van der Waals surface area (Å²) in [5, 5.41) is 5.55. The van der Waals surface area contributed by atoms with Crippen LogP contribution in [0.2, 0.25) is 0 Å². The summed E-state index contributed by atoms with van der Waals surface area (Å²) in [6, 6.07) is 17.7. The molecule has 2 aliphatic rings. The Labute approximate surface area is 226 Å². The van der Waals surface area contributed by atoms with Crippen LogP contribution in [0.3, 0.4) is 0 Å². The zero-order chi connectivity index (χ0) is 26.5. The van der Waals surface area contributed by atoms with Crippen LogP contribution in [-0.2, 0) is 14.3 Å². The van der Waals surface area contributed by atoms with Crippen molar-refractivity contribution in [2.75, 3.05) is 26.3 Å². The van der Waals surface area contributed by atoms with E-state index >= 15 is 0 Å². The quantitative estimate of drug-likeness (QED) is 0.307. The molecule has 1 aromatic heterocycles. The molecule has 1 saturated heterocycles. The lowest BCUT2D eigenvalue weighted by Crippen LogP contribution is -2.39. The second kappa shape index (κ2) is 11.7. The molecule has 0 unspecified atom stereocenters. The number of rotatable bonds is 7. The molecule has 1 amide bonds. The largest absolute Gasteiger partial charge is 0.494 e. The van der Waals surface area contributed by atoms with Crippen molar-refractivity contribution in [3.8, 4) is 22.7 Å². The number of carbonyl (C=O) groups excluding carboxylic acids is 2. The van der Waals surface area contributed by atoms with Gasteiger partial charge in [-0.15, -0.1) is 0 Å². The number of nitrogens with zero attached hydrogens (tertiary/aromatic N) is 4. The Morgan fingerprint density at radius 3 is 2.61 bits per heavy atom. The summed E-state index contributed by atoms with van der Waals surface area (Å²) in [6.45, 7) is 6.06. The second-order valence-corrected chi connectivity index (χ2v) is 10.0. The number of likely N-dealkylation sites (tertiary alicyclic amines) is 1. The molecule has 3 aromatic rings. The van der Waals surface area contributed by atoms with Gasteiger partial charge in [0.2, 0.25) is 0 Å². The number of amidine groups is 1. The average molecular weight is 531 g/mol.